The van der Waals surface area contributed by atoms with Crippen LogP contribution in [0, 0.1) is 6.92 Å². The molecule has 0 saturated heterocycles. The van der Waals surface area contributed by atoms with Crippen LogP contribution in [0.1, 0.15) is 21.5 Å². The zero-order valence-electron chi connectivity index (χ0n) is 14.3. The molecule has 9 heteroatoms. The van der Waals surface area contributed by atoms with E-state index in [1.165, 1.54) is 26.2 Å². The number of carbonyl (C=O) groups is 1. The van der Waals surface area contributed by atoms with Gasteiger partial charge in [0.1, 0.15) is 0 Å². The zero-order valence-corrected chi connectivity index (χ0v) is 15.1. The minimum Gasteiger partial charge on any atom is -0.322 e. The molecule has 0 bridgehead atoms. The Labute approximate surface area is 149 Å². The lowest BCUT2D eigenvalue weighted by molar-refractivity contribution is -0.137. The summed E-state index contributed by atoms with van der Waals surface area (Å²) < 4.78 is 63.3. The Balaban J connectivity index is 2.27. The molecule has 0 aliphatic rings. The van der Waals surface area contributed by atoms with E-state index >= 15 is 0 Å². The molecule has 0 heterocycles. The minimum absolute atomic E-state index is 0.0237. The number of nitrogens with one attached hydrogen (secondary N) is 1. The number of hydrogen-bond donors (Lipinski definition) is 1. The average Bonchev–Trinajstić information content (AvgIpc) is 2.55. The van der Waals surface area contributed by atoms with Crippen LogP contribution in [0.3, 0.4) is 0 Å². The fourth-order valence-corrected chi connectivity index (χ4v) is 3.31. The van der Waals surface area contributed by atoms with Crippen molar-refractivity contribution >= 4 is 21.6 Å². The Hall–Kier alpha value is -2.39. The summed E-state index contributed by atoms with van der Waals surface area (Å²) in [6.07, 6.45) is -4.48. The van der Waals surface area contributed by atoms with Crippen molar-refractivity contribution in [2.45, 2.75) is 18.0 Å². The van der Waals surface area contributed by atoms with Gasteiger partial charge in [0.15, 0.2) is 0 Å². The van der Waals surface area contributed by atoms with E-state index in [0.717, 1.165) is 28.6 Å². The highest BCUT2D eigenvalue weighted by Gasteiger charge is 2.30. The number of anilines is 1. The van der Waals surface area contributed by atoms with Gasteiger partial charge in [0, 0.05) is 25.3 Å². The predicted octanol–water partition coefficient (Wildman–Crippen LogP) is 3.52. The normalized spacial score (nSPS) is 12.3. The molecule has 0 atom stereocenters. The molecule has 0 unspecified atom stereocenters. The minimum atomic E-state index is -4.48. The zero-order chi connectivity index (χ0) is 19.7. The van der Waals surface area contributed by atoms with Crippen molar-refractivity contribution < 1.29 is 26.4 Å². The first-order valence-electron chi connectivity index (χ1n) is 7.44. The van der Waals surface area contributed by atoms with Gasteiger partial charge < -0.3 is 5.32 Å². The monoisotopic (exact) mass is 386 g/mol. The molecule has 140 valence electrons. The second kappa shape index (κ2) is 7.08. The second-order valence-electron chi connectivity index (χ2n) is 5.80. The third-order valence-electron chi connectivity index (χ3n) is 3.68. The average molecular weight is 386 g/mol. The predicted molar refractivity (Wildman–Crippen MR) is 91.4 cm³/mol. The van der Waals surface area contributed by atoms with Gasteiger partial charge in [-0.2, -0.15) is 13.2 Å². The summed E-state index contributed by atoms with van der Waals surface area (Å²) in [5.74, 6) is -0.643. The number of aryl methyl sites for hydroxylation is 1. The molecule has 0 saturated carbocycles. The van der Waals surface area contributed by atoms with Crippen LogP contribution in [-0.4, -0.2) is 32.7 Å². The molecule has 0 aliphatic heterocycles. The number of alkyl halides is 3. The molecular formula is C17H17F3N2O3S. The van der Waals surface area contributed by atoms with Gasteiger partial charge in [0.2, 0.25) is 10.0 Å². The highest BCUT2D eigenvalue weighted by Crippen LogP contribution is 2.29. The third kappa shape index (κ3) is 4.23. The maximum absolute atomic E-state index is 12.6. The summed E-state index contributed by atoms with van der Waals surface area (Å²) >= 11 is 0. The summed E-state index contributed by atoms with van der Waals surface area (Å²) in [7, 11) is -0.913. The number of carbonyl (C=O) groups excluding carboxylic acids is 1. The maximum atomic E-state index is 12.6. The Morgan fingerprint density at radius 3 is 2.12 bits per heavy atom. The van der Waals surface area contributed by atoms with Gasteiger partial charge in [-0.15, -0.1) is 0 Å². The van der Waals surface area contributed by atoms with Crippen LogP contribution < -0.4 is 5.32 Å². The Bertz CT molecular complexity index is 921. The first-order valence-corrected chi connectivity index (χ1v) is 8.88. The summed E-state index contributed by atoms with van der Waals surface area (Å²) in [5, 5.41) is 2.49. The number of halogens is 3. The van der Waals surface area contributed by atoms with Crippen molar-refractivity contribution in [3.8, 4) is 0 Å². The van der Waals surface area contributed by atoms with E-state index in [0.29, 0.717) is 5.56 Å². The first-order chi connectivity index (χ1) is 11.9. The molecule has 0 fully saturated rings. The lowest BCUT2D eigenvalue weighted by atomic mass is 10.1. The van der Waals surface area contributed by atoms with E-state index in [9.17, 15) is 26.4 Å². The van der Waals surface area contributed by atoms with Crippen LogP contribution in [0.4, 0.5) is 18.9 Å². The molecule has 0 aromatic heterocycles. The smallest absolute Gasteiger partial charge is 0.322 e. The lowest BCUT2D eigenvalue weighted by Gasteiger charge is -2.15. The van der Waals surface area contributed by atoms with Crippen molar-refractivity contribution in [1.29, 1.82) is 0 Å². The molecule has 2 rings (SSSR count). The molecule has 0 radical (unpaired) electrons. The Morgan fingerprint density at radius 1 is 1.04 bits per heavy atom. The van der Waals surface area contributed by atoms with Crippen LogP contribution in [0.25, 0.3) is 0 Å². The summed E-state index contributed by atoms with van der Waals surface area (Å²) in [4.78, 5) is 12.2. The Morgan fingerprint density at radius 2 is 1.62 bits per heavy atom. The number of sulfonamides is 1. The van der Waals surface area contributed by atoms with E-state index < -0.39 is 27.7 Å². The van der Waals surface area contributed by atoms with Gasteiger partial charge in [-0.05, 0) is 48.9 Å². The quantitative estimate of drug-likeness (QED) is 0.874. The van der Waals surface area contributed by atoms with Gasteiger partial charge in [0.25, 0.3) is 5.91 Å². The van der Waals surface area contributed by atoms with Crippen molar-refractivity contribution in [3.63, 3.8) is 0 Å². The summed E-state index contributed by atoms with van der Waals surface area (Å²) in [5.41, 5.74) is -0.105. The van der Waals surface area contributed by atoms with E-state index in [1.54, 1.807) is 13.0 Å². The van der Waals surface area contributed by atoms with Gasteiger partial charge in [-0.1, -0.05) is 6.07 Å². The van der Waals surface area contributed by atoms with E-state index in [4.69, 9.17) is 0 Å². The highest BCUT2D eigenvalue weighted by atomic mass is 32.2. The van der Waals surface area contributed by atoms with E-state index in [2.05, 4.69) is 5.32 Å². The molecule has 0 aliphatic carbocycles. The Kier molecular flexibility index (Phi) is 5.43. The van der Waals surface area contributed by atoms with Crippen molar-refractivity contribution in [3.05, 3.63) is 59.2 Å². The number of nitrogens with zero attached hydrogens (tertiary/aromatic N) is 1. The summed E-state index contributed by atoms with van der Waals surface area (Å²) in [6, 6.07) is 8.11. The molecular weight excluding hydrogens is 369 g/mol. The van der Waals surface area contributed by atoms with Crippen LogP contribution >= 0.6 is 0 Å². The van der Waals surface area contributed by atoms with Crippen molar-refractivity contribution in [2.24, 2.45) is 0 Å². The maximum Gasteiger partial charge on any atom is 0.416 e. The van der Waals surface area contributed by atoms with Gasteiger partial charge in [-0.25, -0.2) is 12.7 Å². The molecule has 2 aromatic carbocycles. The van der Waals surface area contributed by atoms with Crippen LogP contribution in [0.15, 0.2) is 47.4 Å². The highest BCUT2D eigenvalue weighted by molar-refractivity contribution is 7.89. The SMILES string of the molecule is Cc1ccc(NC(=O)c2ccc(C(F)(F)F)cc2)cc1S(=O)(=O)N(C)C. The van der Waals surface area contributed by atoms with Crippen molar-refractivity contribution in [2.75, 3.05) is 19.4 Å². The fraction of sp³-hybridized carbons (Fsp3) is 0.235. The second-order valence-corrected chi connectivity index (χ2v) is 7.92. The third-order valence-corrected chi connectivity index (χ3v) is 5.64. The number of benzene rings is 2. The van der Waals surface area contributed by atoms with Crippen molar-refractivity contribution in [1.82, 2.24) is 4.31 Å². The molecule has 1 amide bonds. The topological polar surface area (TPSA) is 66.5 Å². The fourth-order valence-electron chi connectivity index (χ4n) is 2.17. The van der Waals surface area contributed by atoms with Crippen LogP contribution in [0.2, 0.25) is 0 Å². The standard InChI is InChI=1S/C17H17F3N2O3S/c1-11-4-9-14(10-15(11)26(24,25)22(2)3)21-16(23)12-5-7-13(8-6-12)17(18,19)20/h4-10H,1-3H3,(H,21,23). The van der Waals surface area contributed by atoms with Crippen LogP contribution in [-0.2, 0) is 16.2 Å². The van der Waals surface area contributed by atoms with Gasteiger partial charge in [-0.3, -0.25) is 4.79 Å². The molecule has 1 N–H and O–H groups in total. The molecule has 0 spiro atoms. The lowest BCUT2D eigenvalue weighted by Crippen LogP contribution is -2.23. The summed E-state index contributed by atoms with van der Waals surface area (Å²) in [6.45, 7) is 1.62. The molecule has 2 aromatic rings. The van der Waals surface area contributed by atoms with Gasteiger partial charge >= 0.3 is 6.18 Å². The largest absolute Gasteiger partial charge is 0.416 e. The number of rotatable bonds is 4. The number of amides is 1. The molecule has 5 nitrogen and oxygen atoms in total. The number of hydrogen-bond acceptors (Lipinski definition) is 3. The molecule has 26 heavy (non-hydrogen) atoms. The van der Waals surface area contributed by atoms with Gasteiger partial charge in [0.05, 0.1) is 10.5 Å². The van der Waals surface area contributed by atoms with Crippen LogP contribution in [0.5, 0.6) is 0 Å². The van der Waals surface area contributed by atoms with E-state index in [-0.39, 0.29) is 16.1 Å². The van der Waals surface area contributed by atoms with E-state index in [1.807, 2.05) is 0 Å². The first kappa shape index (κ1) is 19.9.